The molecule has 9 nitrogen and oxygen atoms in total. The van der Waals surface area contributed by atoms with Gasteiger partial charge in [0, 0.05) is 11.9 Å². The Morgan fingerprint density at radius 2 is 1.21 bits per heavy atom. The van der Waals surface area contributed by atoms with Crippen LogP contribution in [0.2, 0.25) is 5.02 Å². The third-order valence-electron chi connectivity index (χ3n) is 9.48. The Balaban J connectivity index is 1.45. The van der Waals surface area contributed by atoms with Crippen molar-refractivity contribution in [2.45, 2.75) is 76.7 Å². The van der Waals surface area contributed by atoms with E-state index >= 15 is 0 Å². The summed E-state index contributed by atoms with van der Waals surface area (Å²) in [6.07, 6.45) is -5.60. The molecule has 0 bridgehead atoms. The zero-order valence-electron chi connectivity index (χ0n) is 31.8. The lowest BCUT2D eigenvalue weighted by atomic mass is 9.87. The van der Waals surface area contributed by atoms with Gasteiger partial charge in [-0.25, -0.2) is 4.79 Å². The number of esters is 2. The summed E-state index contributed by atoms with van der Waals surface area (Å²) < 4.78 is 43.9. The highest BCUT2D eigenvalue weighted by Gasteiger charge is 2.54. The summed E-state index contributed by atoms with van der Waals surface area (Å²) in [4.78, 5) is 26.1. The molecule has 6 rings (SSSR count). The van der Waals surface area contributed by atoms with Crippen molar-refractivity contribution in [2.75, 3.05) is 13.7 Å². The van der Waals surface area contributed by atoms with Gasteiger partial charge in [0.25, 0.3) is 0 Å². The van der Waals surface area contributed by atoms with E-state index in [1.54, 1.807) is 0 Å². The van der Waals surface area contributed by atoms with Crippen LogP contribution in [0.25, 0.3) is 0 Å². The van der Waals surface area contributed by atoms with Crippen LogP contribution in [0.3, 0.4) is 0 Å². The summed E-state index contributed by atoms with van der Waals surface area (Å²) in [6, 6.07) is 42.8. The molecule has 0 radical (unpaired) electrons. The second-order valence-electron chi connectivity index (χ2n) is 13.5. The number of ether oxygens (including phenoxy) is 7. The predicted octanol–water partition coefficient (Wildman–Crippen LogP) is 8.63. The van der Waals surface area contributed by atoms with E-state index in [4.69, 9.17) is 44.8 Å². The number of rotatable bonds is 17. The highest BCUT2D eigenvalue weighted by atomic mass is 35.5. The third kappa shape index (κ3) is 10.8. The Kier molecular flexibility index (Phi) is 14.7. The zero-order valence-corrected chi connectivity index (χ0v) is 32.5. The lowest BCUT2D eigenvalue weighted by Crippen LogP contribution is -2.62. The predicted molar refractivity (Wildman–Crippen MR) is 212 cm³/mol. The van der Waals surface area contributed by atoms with Gasteiger partial charge in [0.15, 0.2) is 0 Å². The number of carbonyl (C=O) groups is 2. The van der Waals surface area contributed by atoms with Gasteiger partial charge < -0.3 is 33.2 Å². The van der Waals surface area contributed by atoms with Crippen molar-refractivity contribution >= 4 is 23.5 Å². The van der Waals surface area contributed by atoms with Gasteiger partial charge in [-0.3, -0.25) is 4.79 Å². The standard InChI is InChI=1S/C46H47ClO9/c1-4-51-38-23-20-32(21-24-38)26-37-27-36(22-25-39(37)47)40-41(52-28-33-14-8-5-9-15-33)42(53-29-34-16-10-6-11-17-34)43(54-30-35-18-12-7-13-19-35)44(56-40)45(46(49)50-3)55-31(2)48/h5-25,27,40-45H,4,26,28-30H2,1-3H3/t40-,41-,42+,43+,44+,45?/m0/s1. The fourth-order valence-electron chi connectivity index (χ4n) is 6.79. The van der Waals surface area contributed by atoms with Crippen LogP contribution in [-0.4, -0.2) is 56.2 Å². The molecule has 1 fully saturated rings. The van der Waals surface area contributed by atoms with Crippen molar-refractivity contribution in [3.05, 3.63) is 172 Å². The summed E-state index contributed by atoms with van der Waals surface area (Å²) in [6.45, 7) is 4.32. The first-order valence-corrected chi connectivity index (χ1v) is 19.1. The maximum Gasteiger partial charge on any atom is 0.350 e. The third-order valence-corrected chi connectivity index (χ3v) is 9.85. The number of hydrogen-bond acceptors (Lipinski definition) is 9. The molecular formula is C46H47ClO9. The van der Waals surface area contributed by atoms with Crippen molar-refractivity contribution in [1.29, 1.82) is 0 Å². The topological polar surface area (TPSA) is 98.8 Å². The average molecular weight is 779 g/mol. The van der Waals surface area contributed by atoms with E-state index in [1.165, 1.54) is 14.0 Å². The van der Waals surface area contributed by atoms with Crippen LogP contribution in [0, 0.1) is 0 Å². The normalized spacial score (nSPS) is 19.8. The van der Waals surface area contributed by atoms with Crippen molar-refractivity contribution in [1.82, 2.24) is 0 Å². The van der Waals surface area contributed by atoms with Gasteiger partial charge in [-0.2, -0.15) is 0 Å². The smallest absolute Gasteiger partial charge is 0.350 e. The van der Waals surface area contributed by atoms with Crippen LogP contribution < -0.4 is 4.74 Å². The summed E-state index contributed by atoms with van der Waals surface area (Å²) in [5.41, 5.74) is 5.35. The molecule has 1 heterocycles. The molecule has 0 N–H and O–H groups in total. The molecule has 5 aromatic rings. The minimum Gasteiger partial charge on any atom is -0.494 e. The summed E-state index contributed by atoms with van der Waals surface area (Å²) in [5.74, 6) is -0.694. The molecule has 1 saturated heterocycles. The van der Waals surface area contributed by atoms with Crippen LogP contribution in [0.5, 0.6) is 5.75 Å². The number of hydrogen-bond donors (Lipinski definition) is 0. The van der Waals surface area contributed by atoms with Crippen LogP contribution in [-0.2, 0) is 64.3 Å². The molecule has 0 amide bonds. The number of methoxy groups -OCH3 is 1. The highest BCUT2D eigenvalue weighted by molar-refractivity contribution is 6.31. The molecule has 1 aliphatic rings. The van der Waals surface area contributed by atoms with Crippen molar-refractivity contribution in [3.63, 3.8) is 0 Å². The second kappa shape index (κ2) is 20.2. The minimum absolute atomic E-state index is 0.147. The molecule has 6 atom stereocenters. The Morgan fingerprint density at radius 1 is 0.679 bits per heavy atom. The fourth-order valence-corrected chi connectivity index (χ4v) is 6.97. The Labute approximate surface area is 333 Å². The fraction of sp³-hybridized carbons (Fsp3) is 0.304. The van der Waals surface area contributed by atoms with E-state index in [1.807, 2.05) is 140 Å². The van der Waals surface area contributed by atoms with E-state index < -0.39 is 48.6 Å². The van der Waals surface area contributed by atoms with Gasteiger partial charge in [0.2, 0.25) is 6.10 Å². The van der Waals surface area contributed by atoms with Gasteiger partial charge in [0.1, 0.15) is 36.3 Å². The van der Waals surface area contributed by atoms with E-state index in [9.17, 15) is 9.59 Å². The lowest BCUT2D eigenvalue weighted by molar-refractivity contribution is -0.283. The van der Waals surface area contributed by atoms with E-state index in [0.29, 0.717) is 18.1 Å². The maximum absolute atomic E-state index is 13.5. The maximum atomic E-state index is 13.5. The molecule has 0 aromatic heterocycles. The van der Waals surface area contributed by atoms with Gasteiger partial charge in [0.05, 0.1) is 33.5 Å². The lowest BCUT2D eigenvalue weighted by Gasteiger charge is -2.47. The van der Waals surface area contributed by atoms with E-state index in [-0.39, 0.29) is 19.8 Å². The minimum atomic E-state index is -1.49. The molecule has 292 valence electrons. The SMILES string of the molecule is CCOc1ccc(Cc2cc([C@@H]3O[C@@H](C(OC(C)=O)C(=O)OC)[C@H](OCc4ccccc4)[C@H](OCc4ccccc4)[C@H]3OCc3ccccc3)ccc2Cl)cc1. The molecular weight excluding hydrogens is 732 g/mol. The molecule has 1 aliphatic heterocycles. The van der Waals surface area contributed by atoms with Crippen molar-refractivity contribution in [3.8, 4) is 5.75 Å². The van der Waals surface area contributed by atoms with Crippen LogP contribution in [0.4, 0.5) is 0 Å². The highest BCUT2D eigenvalue weighted by Crippen LogP contribution is 2.41. The Morgan fingerprint density at radius 3 is 1.73 bits per heavy atom. The number of halogens is 1. The van der Waals surface area contributed by atoms with Gasteiger partial charge >= 0.3 is 11.9 Å². The molecule has 5 aromatic carbocycles. The number of carbonyl (C=O) groups excluding carboxylic acids is 2. The van der Waals surface area contributed by atoms with Gasteiger partial charge in [-0.05, 0) is 64.9 Å². The summed E-state index contributed by atoms with van der Waals surface area (Å²) in [7, 11) is 1.24. The van der Waals surface area contributed by atoms with Crippen molar-refractivity contribution < 1.29 is 42.7 Å². The van der Waals surface area contributed by atoms with Gasteiger partial charge in [-0.1, -0.05) is 127 Å². The molecule has 10 heteroatoms. The van der Waals surface area contributed by atoms with Crippen LogP contribution >= 0.6 is 11.6 Å². The summed E-state index contributed by atoms with van der Waals surface area (Å²) in [5, 5.41) is 0.574. The van der Waals surface area contributed by atoms with Crippen LogP contribution in [0.15, 0.2) is 133 Å². The first-order chi connectivity index (χ1) is 27.3. The van der Waals surface area contributed by atoms with E-state index in [2.05, 4.69) is 0 Å². The quantitative estimate of drug-likeness (QED) is 0.0860. The molecule has 1 unspecified atom stereocenters. The zero-order chi connectivity index (χ0) is 39.3. The second-order valence-corrected chi connectivity index (χ2v) is 13.9. The average Bonchev–Trinajstić information content (AvgIpc) is 3.23. The molecule has 56 heavy (non-hydrogen) atoms. The first-order valence-electron chi connectivity index (χ1n) is 18.7. The Bertz CT molecular complexity index is 1980. The van der Waals surface area contributed by atoms with Gasteiger partial charge in [-0.15, -0.1) is 0 Å². The summed E-state index contributed by atoms with van der Waals surface area (Å²) >= 11 is 6.85. The molecule has 0 spiro atoms. The Hall–Kier alpha value is -5.03. The largest absolute Gasteiger partial charge is 0.494 e. The van der Waals surface area contributed by atoms with E-state index in [0.717, 1.165) is 39.1 Å². The monoisotopic (exact) mass is 778 g/mol. The first kappa shape index (κ1) is 40.6. The van der Waals surface area contributed by atoms with Crippen LogP contribution in [0.1, 0.15) is 53.3 Å². The molecule has 0 saturated carbocycles. The van der Waals surface area contributed by atoms with Crippen molar-refractivity contribution in [2.24, 2.45) is 0 Å². The molecule has 0 aliphatic carbocycles. The number of benzene rings is 5.